The molecule has 2 heterocycles. The number of aromatic amines is 1. The lowest BCUT2D eigenvalue weighted by Gasteiger charge is -2.19. The van der Waals surface area contributed by atoms with E-state index in [1.165, 1.54) is 5.56 Å². The number of carbonyl (C=O) groups is 1. The van der Waals surface area contributed by atoms with Crippen molar-refractivity contribution in [3.63, 3.8) is 0 Å². The number of aryl methyl sites for hydroxylation is 1. The largest absolute Gasteiger partial charge is 0.454 e. The first-order valence-corrected chi connectivity index (χ1v) is 10.8. The second-order valence-electron chi connectivity index (χ2n) is 8.31. The van der Waals surface area contributed by atoms with Gasteiger partial charge in [-0.25, -0.2) is 0 Å². The number of H-pyrrole nitrogens is 1. The zero-order valence-corrected chi connectivity index (χ0v) is 18.0. The number of benzene rings is 2. The predicted molar refractivity (Wildman–Crippen MR) is 119 cm³/mol. The van der Waals surface area contributed by atoms with Crippen molar-refractivity contribution >= 4 is 16.8 Å². The van der Waals surface area contributed by atoms with Crippen LogP contribution in [0.2, 0.25) is 0 Å². The summed E-state index contributed by atoms with van der Waals surface area (Å²) in [5.41, 5.74) is 4.52. The lowest BCUT2D eigenvalue weighted by atomic mass is 9.86. The molecule has 0 radical (unpaired) electrons. The molecule has 30 heavy (non-hydrogen) atoms. The highest BCUT2D eigenvalue weighted by molar-refractivity contribution is 5.88. The van der Waals surface area contributed by atoms with Crippen LogP contribution in [0, 0.1) is 5.92 Å². The van der Waals surface area contributed by atoms with E-state index in [4.69, 9.17) is 9.47 Å². The molecular weight excluding hydrogens is 376 g/mol. The van der Waals surface area contributed by atoms with Crippen LogP contribution in [0.15, 0.2) is 42.6 Å². The fourth-order valence-corrected chi connectivity index (χ4v) is 4.19. The molecule has 158 valence electrons. The van der Waals surface area contributed by atoms with Gasteiger partial charge in [-0.1, -0.05) is 51.1 Å². The van der Waals surface area contributed by atoms with Gasteiger partial charge in [-0.15, -0.1) is 0 Å². The number of nitrogens with one attached hydrogen (secondary N) is 2. The molecule has 1 aliphatic heterocycles. The summed E-state index contributed by atoms with van der Waals surface area (Å²) in [6.07, 6.45) is 4.34. The van der Waals surface area contributed by atoms with Crippen LogP contribution in [0.3, 0.4) is 0 Å². The molecule has 2 N–H and O–H groups in total. The topological polar surface area (TPSA) is 63.4 Å². The first kappa shape index (κ1) is 20.3. The Morgan fingerprint density at radius 2 is 1.97 bits per heavy atom. The lowest BCUT2D eigenvalue weighted by molar-refractivity contribution is -0.121. The van der Waals surface area contributed by atoms with Crippen molar-refractivity contribution in [2.24, 2.45) is 5.92 Å². The summed E-state index contributed by atoms with van der Waals surface area (Å²) < 4.78 is 11.4. The van der Waals surface area contributed by atoms with E-state index in [0.717, 1.165) is 46.4 Å². The molecule has 1 amide bonds. The second kappa shape index (κ2) is 8.82. The Balaban J connectivity index is 1.72. The lowest BCUT2D eigenvalue weighted by Crippen LogP contribution is -2.27. The maximum absolute atomic E-state index is 12.9. The van der Waals surface area contributed by atoms with E-state index in [9.17, 15) is 4.79 Å². The number of hydrogen-bond acceptors (Lipinski definition) is 3. The molecule has 1 atom stereocenters. The molecule has 0 unspecified atom stereocenters. The number of amides is 1. The number of para-hydroxylation sites is 2. The van der Waals surface area contributed by atoms with Crippen LogP contribution >= 0.6 is 0 Å². The van der Waals surface area contributed by atoms with Crippen molar-refractivity contribution < 1.29 is 14.3 Å². The molecular formula is C25H30N2O3. The molecule has 1 aromatic heterocycles. The number of hydrogen-bond donors (Lipinski definition) is 2. The van der Waals surface area contributed by atoms with Gasteiger partial charge in [-0.2, -0.15) is 0 Å². The molecule has 3 aromatic rings. The van der Waals surface area contributed by atoms with Crippen molar-refractivity contribution in [3.8, 4) is 11.5 Å². The van der Waals surface area contributed by atoms with Gasteiger partial charge in [-0.05, 0) is 36.0 Å². The summed E-state index contributed by atoms with van der Waals surface area (Å²) >= 11 is 0. The Labute approximate surface area is 177 Å². The number of carbonyl (C=O) groups excluding carboxylic acids is 1. The van der Waals surface area contributed by atoms with Gasteiger partial charge in [0.2, 0.25) is 12.7 Å². The highest BCUT2D eigenvalue weighted by Crippen LogP contribution is 2.44. The molecule has 0 spiro atoms. The third-order valence-corrected chi connectivity index (χ3v) is 5.83. The summed E-state index contributed by atoms with van der Waals surface area (Å²) in [5, 5.41) is 4.25. The molecule has 0 saturated heterocycles. The van der Waals surface area contributed by atoms with Crippen molar-refractivity contribution in [3.05, 3.63) is 59.3 Å². The van der Waals surface area contributed by atoms with Crippen molar-refractivity contribution in [1.29, 1.82) is 0 Å². The monoisotopic (exact) mass is 406 g/mol. The molecule has 5 nitrogen and oxygen atoms in total. The summed E-state index contributed by atoms with van der Waals surface area (Å²) in [5.74, 6) is 1.98. The summed E-state index contributed by atoms with van der Waals surface area (Å²) in [7, 11) is 0. The van der Waals surface area contributed by atoms with Gasteiger partial charge in [0.05, 0.1) is 0 Å². The van der Waals surface area contributed by atoms with Gasteiger partial charge < -0.3 is 19.8 Å². The van der Waals surface area contributed by atoms with Crippen molar-refractivity contribution in [2.45, 2.75) is 46.0 Å². The van der Waals surface area contributed by atoms with Crippen LogP contribution in [0.4, 0.5) is 0 Å². The first-order chi connectivity index (χ1) is 14.6. The fraction of sp³-hybridized carbons (Fsp3) is 0.400. The van der Waals surface area contributed by atoms with Crippen molar-refractivity contribution in [1.82, 2.24) is 10.3 Å². The molecule has 5 heteroatoms. The number of rotatable bonds is 8. The molecule has 1 aliphatic rings. The first-order valence-electron chi connectivity index (χ1n) is 10.8. The van der Waals surface area contributed by atoms with Crippen molar-refractivity contribution in [2.75, 3.05) is 13.3 Å². The van der Waals surface area contributed by atoms with E-state index in [0.29, 0.717) is 18.9 Å². The minimum Gasteiger partial charge on any atom is -0.454 e. The summed E-state index contributed by atoms with van der Waals surface area (Å²) in [6.45, 7) is 7.40. The van der Waals surface area contributed by atoms with Gasteiger partial charge in [0.25, 0.3) is 0 Å². The standard InChI is InChI=1S/C25H30N2O3/c1-4-17-7-5-8-18-21(14-27-24(17)18)20(13-23(28)26-12-11-16(2)3)19-9-6-10-22-25(19)30-15-29-22/h5-10,14,16,20,27H,4,11-13,15H2,1-3H3,(H,26,28)/t20-/m0/s1. The minimum atomic E-state index is -0.124. The molecule has 0 bridgehead atoms. The third kappa shape index (κ3) is 4.02. The number of fused-ring (bicyclic) bond motifs is 2. The zero-order valence-electron chi connectivity index (χ0n) is 18.0. The highest BCUT2D eigenvalue weighted by Gasteiger charge is 2.28. The van der Waals surface area contributed by atoms with Gasteiger partial charge in [-0.3, -0.25) is 4.79 Å². The van der Waals surface area contributed by atoms with Gasteiger partial charge in [0.1, 0.15) is 0 Å². The normalized spacial score (nSPS) is 13.7. The molecule has 0 saturated carbocycles. The van der Waals surface area contributed by atoms with E-state index in [-0.39, 0.29) is 18.6 Å². The maximum atomic E-state index is 12.9. The maximum Gasteiger partial charge on any atom is 0.231 e. The van der Waals surface area contributed by atoms with Gasteiger partial charge in [0, 0.05) is 41.5 Å². The van der Waals surface area contributed by atoms with E-state index in [1.807, 2.05) is 24.4 Å². The van der Waals surface area contributed by atoms with Gasteiger partial charge >= 0.3 is 0 Å². The Kier molecular flexibility index (Phi) is 5.98. The average molecular weight is 407 g/mol. The number of ether oxygens (including phenoxy) is 2. The third-order valence-electron chi connectivity index (χ3n) is 5.83. The number of aromatic nitrogens is 1. The van der Waals surface area contributed by atoms with Crippen LogP contribution in [0.1, 0.15) is 56.2 Å². The fourth-order valence-electron chi connectivity index (χ4n) is 4.19. The molecule has 0 fully saturated rings. The van der Waals surface area contributed by atoms with E-state index >= 15 is 0 Å². The molecule has 4 rings (SSSR count). The van der Waals surface area contributed by atoms with E-state index in [1.54, 1.807) is 0 Å². The Morgan fingerprint density at radius 1 is 1.13 bits per heavy atom. The predicted octanol–water partition coefficient (Wildman–Crippen LogP) is 5.14. The molecule has 2 aromatic carbocycles. The van der Waals surface area contributed by atoms with E-state index < -0.39 is 0 Å². The van der Waals surface area contributed by atoms with Crippen LogP contribution < -0.4 is 14.8 Å². The summed E-state index contributed by atoms with van der Waals surface area (Å²) in [4.78, 5) is 16.3. The zero-order chi connectivity index (χ0) is 21.1. The summed E-state index contributed by atoms with van der Waals surface area (Å²) in [6, 6.07) is 12.3. The van der Waals surface area contributed by atoms with Crippen LogP contribution in [0.25, 0.3) is 10.9 Å². The van der Waals surface area contributed by atoms with Crippen LogP contribution in [-0.2, 0) is 11.2 Å². The van der Waals surface area contributed by atoms with Gasteiger partial charge in [0.15, 0.2) is 11.5 Å². The average Bonchev–Trinajstić information content (AvgIpc) is 3.38. The van der Waals surface area contributed by atoms with Crippen LogP contribution in [0.5, 0.6) is 11.5 Å². The van der Waals surface area contributed by atoms with Crippen LogP contribution in [-0.4, -0.2) is 24.2 Å². The molecule has 0 aliphatic carbocycles. The van der Waals surface area contributed by atoms with E-state index in [2.05, 4.69) is 49.3 Å². The quantitative estimate of drug-likeness (QED) is 0.544. The Bertz CT molecular complexity index is 1040. The smallest absolute Gasteiger partial charge is 0.231 e. The Morgan fingerprint density at radius 3 is 2.77 bits per heavy atom. The highest BCUT2D eigenvalue weighted by atomic mass is 16.7. The SMILES string of the molecule is CCc1cccc2c([C@@H](CC(=O)NCCC(C)C)c3cccc4c3OCO4)c[nH]c12. The second-order valence-corrected chi connectivity index (χ2v) is 8.31. The minimum absolute atomic E-state index is 0.0539. The Hall–Kier alpha value is -2.95.